The van der Waals surface area contributed by atoms with Crippen LogP contribution in [0.3, 0.4) is 0 Å². The van der Waals surface area contributed by atoms with Crippen LogP contribution < -0.4 is 5.32 Å². The molecule has 8 heteroatoms. The van der Waals surface area contributed by atoms with E-state index in [2.05, 4.69) is 10.3 Å². The van der Waals surface area contributed by atoms with Gasteiger partial charge in [-0.25, -0.2) is 9.78 Å². The molecule has 0 radical (unpaired) electrons. The number of nitrogens with zero attached hydrogens (tertiary/aromatic N) is 2. The molecular weight excluding hydrogens is 339 g/mol. The van der Waals surface area contributed by atoms with Crippen molar-refractivity contribution in [3.8, 4) is 10.6 Å². The van der Waals surface area contributed by atoms with Crippen LogP contribution in [0.25, 0.3) is 10.6 Å². The number of halogens is 3. The second-order valence-electron chi connectivity index (χ2n) is 5.67. The third kappa shape index (κ3) is 3.87. The number of amides is 2. The Balaban J connectivity index is 1.62. The molecule has 0 aliphatic carbocycles. The summed E-state index contributed by atoms with van der Waals surface area (Å²) < 4.78 is 38.5. The van der Waals surface area contributed by atoms with Gasteiger partial charge in [0.05, 0.1) is 5.92 Å². The lowest BCUT2D eigenvalue weighted by Gasteiger charge is -2.33. The number of anilines is 1. The number of alkyl halides is 3. The number of thiazole rings is 1. The van der Waals surface area contributed by atoms with Crippen molar-refractivity contribution < 1.29 is 18.0 Å². The third-order valence-corrected chi connectivity index (χ3v) is 4.81. The molecule has 1 fully saturated rings. The molecule has 24 heavy (non-hydrogen) atoms. The molecule has 0 saturated carbocycles. The molecule has 1 N–H and O–H groups in total. The van der Waals surface area contributed by atoms with Crippen LogP contribution in [0.1, 0.15) is 12.8 Å². The Bertz CT molecular complexity index is 686. The second kappa shape index (κ2) is 6.80. The van der Waals surface area contributed by atoms with Crippen LogP contribution in [0, 0.1) is 5.92 Å². The fourth-order valence-corrected chi connectivity index (χ4v) is 3.34. The molecule has 0 unspecified atom stereocenters. The van der Waals surface area contributed by atoms with Gasteiger partial charge in [-0.05, 0) is 37.1 Å². The molecule has 3 rings (SSSR count). The van der Waals surface area contributed by atoms with Crippen LogP contribution >= 0.6 is 11.3 Å². The number of aromatic nitrogens is 1. The van der Waals surface area contributed by atoms with E-state index >= 15 is 0 Å². The zero-order valence-electron chi connectivity index (χ0n) is 12.7. The molecule has 1 aromatic carbocycles. The minimum absolute atomic E-state index is 0.0792. The Labute approximate surface area is 141 Å². The van der Waals surface area contributed by atoms with E-state index in [1.54, 1.807) is 18.3 Å². The van der Waals surface area contributed by atoms with Crippen molar-refractivity contribution in [3.63, 3.8) is 0 Å². The van der Waals surface area contributed by atoms with Crippen molar-refractivity contribution in [2.45, 2.75) is 19.0 Å². The molecule has 0 bridgehead atoms. The Kier molecular flexibility index (Phi) is 4.75. The maximum atomic E-state index is 12.8. The summed E-state index contributed by atoms with van der Waals surface area (Å²) in [5.41, 5.74) is 1.48. The van der Waals surface area contributed by atoms with E-state index in [-0.39, 0.29) is 13.0 Å². The Morgan fingerprint density at radius 2 is 2.04 bits per heavy atom. The molecule has 2 aromatic rings. The highest BCUT2D eigenvalue weighted by Crippen LogP contribution is 2.33. The summed E-state index contributed by atoms with van der Waals surface area (Å²) in [6.07, 6.45) is -2.10. The highest BCUT2D eigenvalue weighted by Gasteiger charge is 2.42. The normalized spacial score (nSPS) is 18.5. The van der Waals surface area contributed by atoms with Gasteiger partial charge < -0.3 is 10.2 Å². The number of carbonyl (C=O) groups is 1. The van der Waals surface area contributed by atoms with Gasteiger partial charge in [-0.2, -0.15) is 13.2 Å². The summed E-state index contributed by atoms with van der Waals surface area (Å²) in [6, 6.07) is 6.59. The quantitative estimate of drug-likeness (QED) is 0.855. The van der Waals surface area contributed by atoms with Gasteiger partial charge >= 0.3 is 12.2 Å². The number of carbonyl (C=O) groups excluding carboxylic acids is 1. The van der Waals surface area contributed by atoms with E-state index in [1.807, 2.05) is 17.5 Å². The predicted molar refractivity (Wildman–Crippen MR) is 86.9 cm³/mol. The van der Waals surface area contributed by atoms with Crippen molar-refractivity contribution in [2.24, 2.45) is 5.92 Å². The summed E-state index contributed by atoms with van der Waals surface area (Å²) in [5, 5.41) is 5.40. The summed E-state index contributed by atoms with van der Waals surface area (Å²) in [4.78, 5) is 17.6. The predicted octanol–water partition coefficient (Wildman–Crippen LogP) is 4.62. The monoisotopic (exact) mass is 355 g/mol. The van der Waals surface area contributed by atoms with Crippen molar-refractivity contribution >= 4 is 23.1 Å². The molecule has 1 aliphatic heterocycles. The molecule has 1 aliphatic rings. The fraction of sp³-hybridized carbons (Fsp3) is 0.375. The van der Waals surface area contributed by atoms with Gasteiger partial charge in [0.15, 0.2) is 0 Å². The van der Waals surface area contributed by atoms with Crippen LogP contribution in [0.4, 0.5) is 23.7 Å². The van der Waals surface area contributed by atoms with Crippen LogP contribution in [0.2, 0.25) is 0 Å². The van der Waals surface area contributed by atoms with Gasteiger partial charge in [0.1, 0.15) is 5.01 Å². The maximum Gasteiger partial charge on any atom is 0.393 e. The van der Waals surface area contributed by atoms with Gasteiger partial charge in [0.2, 0.25) is 0 Å². The standard InChI is InChI=1S/C16H16F3N3OS/c17-16(18,19)12-2-1-8-22(10-12)15(23)21-13-5-3-11(4-6-13)14-20-7-9-24-14/h3-7,9,12H,1-2,8,10H2,(H,21,23)/t12-/m0/s1. The summed E-state index contributed by atoms with van der Waals surface area (Å²) in [5.74, 6) is -1.44. The lowest BCUT2D eigenvalue weighted by atomic mass is 9.98. The summed E-state index contributed by atoms with van der Waals surface area (Å²) in [7, 11) is 0. The van der Waals surface area contributed by atoms with E-state index in [0.717, 1.165) is 10.6 Å². The first kappa shape index (κ1) is 16.8. The van der Waals surface area contributed by atoms with Gasteiger partial charge in [-0.15, -0.1) is 11.3 Å². The lowest BCUT2D eigenvalue weighted by Crippen LogP contribution is -2.46. The Morgan fingerprint density at radius 3 is 2.67 bits per heavy atom. The minimum atomic E-state index is -4.26. The average Bonchev–Trinajstić information content (AvgIpc) is 3.09. The largest absolute Gasteiger partial charge is 0.393 e. The van der Waals surface area contributed by atoms with Crippen LogP contribution in [0.15, 0.2) is 35.8 Å². The maximum absolute atomic E-state index is 12.8. The number of rotatable bonds is 2. The van der Waals surface area contributed by atoms with Gasteiger partial charge in [-0.1, -0.05) is 0 Å². The number of nitrogens with one attached hydrogen (secondary N) is 1. The van der Waals surface area contributed by atoms with E-state index in [0.29, 0.717) is 18.7 Å². The highest BCUT2D eigenvalue weighted by molar-refractivity contribution is 7.13. The zero-order chi connectivity index (χ0) is 17.2. The lowest BCUT2D eigenvalue weighted by molar-refractivity contribution is -0.183. The SMILES string of the molecule is O=C(Nc1ccc(-c2nccs2)cc1)N1CCC[C@H](C(F)(F)F)C1. The summed E-state index contributed by atoms with van der Waals surface area (Å²) in [6.45, 7) is 0.0577. The minimum Gasteiger partial charge on any atom is -0.324 e. The third-order valence-electron chi connectivity index (χ3n) is 3.99. The molecule has 1 aromatic heterocycles. The van der Waals surface area contributed by atoms with Crippen molar-refractivity contribution in [3.05, 3.63) is 35.8 Å². The number of hydrogen-bond donors (Lipinski definition) is 1. The van der Waals surface area contributed by atoms with Crippen LogP contribution in [-0.4, -0.2) is 35.2 Å². The fourth-order valence-electron chi connectivity index (χ4n) is 2.69. The summed E-state index contributed by atoms with van der Waals surface area (Å²) >= 11 is 1.51. The highest BCUT2D eigenvalue weighted by atomic mass is 32.1. The van der Waals surface area contributed by atoms with E-state index in [1.165, 1.54) is 16.2 Å². The first-order valence-corrected chi connectivity index (χ1v) is 8.44. The Morgan fingerprint density at radius 1 is 1.29 bits per heavy atom. The molecule has 128 valence electrons. The van der Waals surface area contributed by atoms with Crippen molar-refractivity contribution in [1.82, 2.24) is 9.88 Å². The molecule has 2 heterocycles. The molecule has 2 amide bonds. The first-order valence-electron chi connectivity index (χ1n) is 7.56. The molecular formula is C16H16F3N3OS. The number of piperidine rings is 1. The van der Waals surface area contributed by atoms with Gasteiger partial charge in [0, 0.05) is 35.9 Å². The number of benzene rings is 1. The van der Waals surface area contributed by atoms with Crippen molar-refractivity contribution in [2.75, 3.05) is 18.4 Å². The van der Waals surface area contributed by atoms with E-state index in [9.17, 15) is 18.0 Å². The average molecular weight is 355 g/mol. The first-order chi connectivity index (χ1) is 11.4. The van der Waals surface area contributed by atoms with Gasteiger partial charge in [-0.3, -0.25) is 0 Å². The van der Waals surface area contributed by atoms with E-state index < -0.39 is 18.1 Å². The smallest absolute Gasteiger partial charge is 0.324 e. The molecule has 1 atom stereocenters. The number of likely N-dealkylation sites (tertiary alicyclic amines) is 1. The van der Waals surface area contributed by atoms with Crippen LogP contribution in [-0.2, 0) is 0 Å². The van der Waals surface area contributed by atoms with Crippen LogP contribution in [0.5, 0.6) is 0 Å². The topological polar surface area (TPSA) is 45.2 Å². The Hall–Kier alpha value is -2.09. The number of urea groups is 1. The number of hydrogen-bond acceptors (Lipinski definition) is 3. The van der Waals surface area contributed by atoms with Gasteiger partial charge in [0.25, 0.3) is 0 Å². The second-order valence-corrected chi connectivity index (χ2v) is 6.57. The zero-order valence-corrected chi connectivity index (χ0v) is 13.5. The molecule has 4 nitrogen and oxygen atoms in total. The van der Waals surface area contributed by atoms with Crippen molar-refractivity contribution in [1.29, 1.82) is 0 Å². The molecule has 0 spiro atoms. The van der Waals surface area contributed by atoms with E-state index in [4.69, 9.17) is 0 Å². The molecule has 1 saturated heterocycles.